The molecule has 1 aromatic heterocycles. The van der Waals surface area contributed by atoms with Gasteiger partial charge in [0.15, 0.2) is 0 Å². The van der Waals surface area contributed by atoms with E-state index in [-0.39, 0.29) is 17.7 Å². The minimum atomic E-state index is -0.0555. The third-order valence-electron chi connectivity index (χ3n) is 4.34. The zero-order valence-electron chi connectivity index (χ0n) is 12.9. The maximum atomic E-state index is 12.8. The molecule has 0 N–H and O–H groups in total. The fourth-order valence-electron chi connectivity index (χ4n) is 3.19. The largest absolute Gasteiger partial charge is 0.384 e. The van der Waals surface area contributed by atoms with Crippen molar-refractivity contribution in [3.05, 3.63) is 18.6 Å². The summed E-state index contributed by atoms with van der Waals surface area (Å²) in [6, 6.07) is 0. The van der Waals surface area contributed by atoms with Gasteiger partial charge in [-0.15, -0.1) is 0 Å². The number of rotatable bonds is 4. The van der Waals surface area contributed by atoms with Crippen LogP contribution in [-0.4, -0.2) is 73.9 Å². The summed E-state index contributed by atoms with van der Waals surface area (Å²) in [7, 11) is 1.68. The molecule has 0 unspecified atom stereocenters. The van der Waals surface area contributed by atoms with Crippen LogP contribution in [0.2, 0.25) is 0 Å². The standard InChI is InChI=1S/C15H22N4O3/c1-21-11-12-9-19(14-8-16-2-3-17-14)10-13(12)15(20)18-4-6-22-7-5-18/h2-3,8,12-13H,4-7,9-11H2,1H3/t12-,13+/m0/s1. The van der Waals surface area contributed by atoms with Gasteiger partial charge in [0.25, 0.3) is 0 Å². The first-order valence-corrected chi connectivity index (χ1v) is 7.66. The van der Waals surface area contributed by atoms with Crippen LogP contribution in [0.15, 0.2) is 18.6 Å². The molecule has 120 valence electrons. The van der Waals surface area contributed by atoms with E-state index in [2.05, 4.69) is 14.9 Å². The number of ether oxygens (including phenoxy) is 2. The Balaban J connectivity index is 1.72. The minimum absolute atomic E-state index is 0.0555. The summed E-state index contributed by atoms with van der Waals surface area (Å²) in [4.78, 5) is 25.3. The monoisotopic (exact) mass is 306 g/mol. The van der Waals surface area contributed by atoms with Crippen LogP contribution in [0.25, 0.3) is 0 Å². The number of nitrogens with zero attached hydrogens (tertiary/aromatic N) is 4. The molecule has 22 heavy (non-hydrogen) atoms. The van der Waals surface area contributed by atoms with E-state index in [0.717, 1.165) is 12.4 Å². The fraction of sp³-hybridized carbons (Fsp3) is 0.667. The van der Waals surface area contributed by atoms with E-state index in [1.165, 1.54) is 0 Å². The van der Waals surface area contributed by atoms with Crippen LogP contribution >= 0.6 is 0 Å². The Bertz CT molecular complexity index is 493. The van der Waals surface area contributed by atoms with E-state index in [1.807, 2.05) is 4.90 Å². The SMILES string of the molecule is COC[C@@H]1CN(c2cnccn2)C[C@H]1C(=O)N1CCOCC1. The van der Waals surface area contributed by atoms with Gasteiger partial charge in [-0.1, -0.05) is 0 Å². The number of hydrogen-bond acceptors (Lipinski definition) is 6. The Morgan fingerprint density at radius 1 is 1.36 bits per heavy atom. The number of carbonyl (C=O) groups is 1. The first kappa shape index (κ1) is 15.2. The van der Waals surface area contributed by atoms with Crippen molar-refractivity contribution in [1.29, 1.82) is 0 Å². The maximum Gasteiger partial charge on any atom is 0.228 e. The molecule has 0 saturated carbocycles. The Morgan fingerprint density at radius 3 is 2.86 bits per heavy atom. The highest BCUT2D eigenvalue weighted by Crippen LogP contribution is 2.28. The first-order chi connectivity index (χ1) is 10.8. The molecule has 0 spiro atoms. The van der Waals surface area contributed by atoms with E-state index in [4.69, 9.17) is 9.47 Å². The van der Waals surface area contributed by atoms with Crippen LogP contribution in [0.3, 0.4) is 0 Å². The second-order valence-corrected chi connectivity index (χ2v) is 5.73. The molecule has 1 aromatic rings. The maximum absolute atomic E-state index is 12.8. The second-order valence-electron chi connectivity index (χ2n) is 5.73. The normalized spacial score (nSPS) is 25.5. The van der Waals surface area contributed by atoms with E-state index >= 15 is 0 Å². The minimum Gasteiger partial charge on any atom is -0.384 e. The highest BCUT2D eigenvalue weighted by atomic mass is 16.5. The number of methoxy groups -OCH3 is 1. The summed E-state index contributed by atoms with van der Waals surface area (Å²) in [5.41, 5.74) is 0. The van der Waals surface area contributed by atoms with E-state index in [9.17, 15) is 4.79 Å². The first-order valence-electron chi connectivity index (χ1n) is 7.66. The van der Waals surface area contributed by atoms with Crippen molar-refractivity contribution in [3.63, 3.8) is 0 Å². The molecule has 0 aliphatic carbocycles. The summed E-state index contributed by atoms with van der Waals surface area (Å²) in [6.45, 7) is 4.64. The van der Waals surface area contributed by atoms with E-state index in [1.54, 1.807) is 25.7 Å². The molecule has 0 aromatic carbocycles. The Hall–Kier alpha value is -1.73. The molecule has 0 bridgehead atoms. The van der Waals surface area contributed by atoms with Gasteiger partial charge in [-0.2, -0.15) is 0 Å². The molecule has 2 aliphatic rings. The van der Waals surface area contributed by atoms with Gasteiger partial charge in [-0.05, 0) is 0 Å². The lowest BCUT2D eigenvalue weighted by Crippen LogP contribution is -2.46. The summed E-state index contributed by atoms with van der Waals surface area (Å²) >= 11 is 0. The molecular weight excluding hydrogens is 284 g/mol. The van der Waals surface area contributed by atoms with Crippen LogP contribution in [0.1, 0.15) is 0 Å². The van der Waals surface area contributed by atoms with Crippen molar-refractivity contribution < 1.29 is 14.3 Å². The molecule has 7 heteroatoms. The zero-order valence-corrected chi connectivity index (χ0v) is 12.9. The topological polar surface area (TPSA) is 67.8 Å². The Morgan fingerprint density at radius 2 is 2.18 bits per heavy atom. The quantitative estimate of drug-likeness (QED) is 0.782. The summed E-state index contributed by atoms with van der Waals surface area (Å²) in [5.74, 6) is 1.15. The third kappa shape index (κ3) is 3.20. The van der Waals surface area contributed by atoms with Crippen molar-refractivity contribution >= 4 is 11.7 Å². The van der Waals surface area contributed by atoms with Gasteiger partial charge in [-0.3, -0.25) is 9.78 Å². The average molecular weight is 306 g/mol. The molecule has 2 saturated heterocycles. The highest BCUT2D eigenvalue weighted by Gasteiger charge is 2.40. The van der Waals surface area contributed by atoms with Crippen molar-refractivity contribution in [2.45, 2.75) is 0 Å². The van der Waals surface area contributed by atoms with Gasteiger partial charge in [0.2, 0.25) is 5.91 Å². The van der Waals surface area contributed by atoms with E-state index in [0.29, 0.717) is 39.5 Å². The predicted octanol–water partition coefficient (Wildman–Crippen LogP) is 0.0342. The zero-order chi connectivity index (χ0) is 15.4. The van der Waals surface area contributed by atoms with Crippen LogP contribution in [0, 0.1) is 11.8 Å². The highest BCUT2D eigenvalue weighted by molar-refractivity contribution is 5.80. The molecule has 1 amide bonds. The molecular formula is C15H22N4O3. The predicted molar refractivity (Wildman–Crippen MR) is 80.5 cm³/mol. The van der Waals surface area contributed by atoms with E-state index < -0.39 is 0 Å². The number of carbonyl (C=O) groups excluding carboxylic acids is 1. The molecule has 3 heterocycles. The third-order valence-corrected chi connectivity index (χ3v) is 4.34. The average Bonchev–Trinajstić information content (AvgIpc) is 3.00. The van der Waals surface area contributed by atoms with Crippen molar-refractivity contribution in [2.75, 3.05) is 58.0 Å². The van der Waals surface area contributed by atoms with Gasteiger partial charge in [-0.25, -0.2) is 4.98 Å². The van der Waals surface area contributed by atoms with Crippen LogP contribution in [0.5, 0.6) is 0 Å². The summed E-state index contributed by atoms with van der Waals surface area (Å²) in [6.07, 6.45) is 5.08. The summed E-state index contributed by atoms with van der Waals surface area (Å²) < 4.78 is 10.6. The smallest absolute Gasteiger partial charge is 0.228 e. The molecule has 2 atom stereocenters. The summed E-state index contributed by atoms with van der Waals surface area (Å²) in [5, 5.41) is 0. The van der Waals surface area contributed by atoms with Gasteiger partial charge in [0.05, 0.1) is 31.9 Å². The molecule has 2 fully saturated rings. The van der Waals surface area contributed by atoms with Crippen LogP contribution < -0.4 is 4.90 Å². The lowest BCUT2D eigenvalue weighted by atomic mass is 9.95. The Kier molecular flexibility index (Phi) is 4.84. The lowest BCUT2D eigenvalue weighted by molar-refractivity contribution is -0.140. The number of morpholine rings is 1. The molecule has 0 radical (unpaired) electrons. The van der Waals surface area contributed by atoms with Crippen LogP contribution in [-0.2, 0) is 14.3 Å². The van der Waals surface area contributed by atoms with Gasteiger partial charge < -0.3 is 19.3 Å². The lowest BCUT2D eigenvalue weighted by Gasteiger charge is -2.30. The number of hydrogen-bond donors (Lipinski definition) is 0. The van der Waals surface area contributed by atoms with Crippen molar-refractivity contribution in [3.8, 4) is 0 Å². The number of amides is 1. The molecule has 7 nitrogen and oxygen atoms in total. The Labute approximate surface area is 130 Å². The van der Waals surface area contributed by atoms with Gasteiger partial charge >= 0.3 is 0 Å². The van der Waals surface area contributed by atoms with Gasteiger partial charge in [0.1, 0.15) is 5.82 Å². The van der Waals surface area contributed by atoms with Crippen molar-refractivity contribution in [1.82, 2.24) is 14.9 Å². The second kappa shape index (κ2) is 7.02. The fourth-order valence-corrected chi connectivity index (χ4v) is 3.19. The van der Waals surface area contributed by atoms with Crippen LogP contribution in [0.4, 0.5) is 5.82 Å². The molecule has 3 rings (SSSR count). The van der Waals surface area contributed by atoms with Crippen molar-refractivity contribution in [2.24, 2.45) is 11.8 Å². The number of aromatic nitrogens is 2. The van der Waals surface area contributed by atoms with Gasteiger partial charge in [0, 0.05) is 51.6 Å². The number of anilines is 1. The molecule has 2 aliphatic heterocycles.